The van der Waals surface area contributed by atoms with Crippen molar-refractivity contribution in [1.82, 2.24) is 10.6 Å². The maximum absolute atomic E-state index is 10.7. The molecule has 19 heavy (non-hydrogen) atoms. The molecule has 0 aliphatic rings. The van der Waals surface area contributed by atoms with Crippen molar-refractivity contribution in [2.24, 2.45) is 0 Å². The van der Waals surface area contributed by atoms with Gasteiger partial charge in [0.2, 0.25) is 11.8 Å². The molecule has 0 spiro atoms. The number of rotatable bonds is 7. The fourth-order valence-corrected chi connectivity index (χ4v) is 0.731. The van der Waals surface area contributed by atoms with Crippen molar-refractivity contribution in [2.75, 3.05) is 26.6 Å². The van der Waals surface area contributed by atoms with Gasteiger partial charge in [0.1, 0.15) is 12.3 Å². The summed E-state index contributed by atoms with van der Waals surface area (Å²) in [5, 5.41) is 38.6. The van der Waals surface area contributed by atoms with Crippen molar-refractivity contribution in [3.8, 4) is 0 Å². The molecule has 0 aromatic heterocycles. The van der Waals surface area contributed by atoms with Crippen molar-refractivity contribution in [3.63, 3.8) is 0 Å². The van der Waals surface area contributed by atoms with Gasteiger partial charge in [-0.3, -0.25) is 9.59 Å². The number of hydrogen-bond donors (Lipinski definition) is 6. The van der Waals surface area contributed by atoms with Gasteiger partial charge in [0.15, 0.2) is 0 Å². The zero-order chi connectivity index (χ0) is 15.3. The Morgan fingerprint density at radius 2 is 1.37 bits per heavy atom. The number of amides is 2. The van der Waals surface area contributed by atoms with Gasteiger partial charge in [0.25, 0.3) is 0 Å². The minimum atomic E-state index is -1.36. The van der Waals surface area contributed by atoms with E-state index in [0.717, 1.165) is 12.2 Å². The van der Waals surface area contributed by atoms with E-state index in [9.17, 15) is 9.59 Å². The Bertz CT molecular complexity index is 293. The quantitative estimate of drug-likeness (QED) is 0.220. The summed E-state index contributed by atoms with van der Waals surface area (Å²) < 4.78 is 0. The molecule has 110 valence electrons. The second-order valence-electron chi connectivity index (χ2n) is 3.35. The molecule has 0 saturated carbocycles. The first-order valence-electron chi connectivity index (χ1n) is 5.23. The standard InChI is InChI=1S/C7H13NO4.C4H7NO2/c1-2-6(12)8-7(3-9,4-10)5-11;1-2-4(7)5-3-6/h2,9-11H,1,3-5H2,(H,8,12);2,6H,1,3H2,(H,5,7). The van der Waals surface area contributed by atoms with Crippen molar-refractivity contribution in [3.05, 3.63) is 25.3 Å². The van der Waals surface area contributed by atoms with Crippen molar-refractivity contribution >= 4 is 11.8 Å². The summed E-state index contributed by atoms with van der Waals surface area (Å²) in [6.07, 6.45) is 2.09. The lowest BCUT2D eigenvalue weighted by Crippen LogP contribution is -2.56. The molecule has 0 aromatic rings. The maximum atomic E-state index is 10.7. The molecule has 0 atom stereocenters. The van der Waals surface area contributed by atoms with E-state index in [-0.39, 0.29) is 12.6 Å². The van der Waals surface area contributed by atoms with Crippen LogP contribution in [0.25, 0.3) is 0 Å². The van der Waals surface area contributed by atoms with Crippen LogP contribution in [-0.4, -0.2) is 64.3 Å². The van der Waals surface area contributed by atoms with Crippen molar-refractivity contribution in [2.45, 2.75) is 5.54 Å². The molecule has 0 heterocycles. The van der Waals surface area contributed by atoms with Crippen LogP contribution >= 0.6 is 0 Å². The fourth-order valence-electron chi connectivity index (χ4n) is 0.731. The highest BCUT2D eigenvalue weighted by Crippen LogP contribution is 2.00. The lowest BCUT2D eigenvalue weighted by Gasteiger charge is -2.27. The number of carbonyl (C=O) groups excluding carboxylic acids is 2. The third kappa shape index (κ3) is 8.91. The highest BCUT2D eigenvalue weighted by molar-refractivity contribution is 5.87. The highest BCUT2D eigenvalue weighted by Gasteiger charge is 2.28. The molecule has 0 fully saturated rings. The smallest absolute Gasteiger partial charge is 0.245 e. The Morgan fingerprint density at radius 1 is 0.947 bits per heavy atom. The number of aliphatic hydroxyl groups is 4. The van der Waals surface area contributed by atoms with E-state index in [2.05, 4.69) is 23.8 Å². The van der Waals surface area contributed by atoms with Crippen LogP contribution in [0.1, 0.15) is 0 Å². The zero-order valence-corrected chi connectivity index (χ0v) is 10.5. The largest absolute Gasteiger partial charge is 0.394 e. The van der Waals surface area contributed by atoms with Gasteiger partial charge in [-0.1, -0.05) is 13.2 Å². The molecule has 6 N–H and O–H groups in total. The number of nitrogens with one attached hydrogen (secondary N) is 2. The van der Waals surface area contributed by atoms with Gasteiger partial charge in [-0.25, -0.2) is 0 Å². The SMILES string of the molecule is C=CC(=O)NC(CO)(CO)CO.C=CC(=O)NCO. The van der Waals surface area contributed by atoms with E-state index >= 15 is 0 Å². The van der Waals surface area contributed by atoms with Crippen LogP contribution in [0.4, 0.5) is 0 Å². The van der Waals surface area contributed by atoms with Crippen LogP contribution in [0.2, 0.25) is 0 Å². The minimum absolute atomic E-state index is 0.329. The van der Waals surface area contributed by atoms with Crippen LogP contribution in [0.15, 0.2) is 25.3 Å². The van der Waals surface area contributed by atoms with Gasteiger partial charge >= 0.3 is 0 Å². The molecular formula is C11H20N2O6. The van der Waals surface area contributed by atoms with Gasteiger partial charge in [0, 0.05) is 0 Å². The van der Waals surface area contributed by atoms with Gasteiger partial charge in [-0.2, -0.15) is 0 Å². The topological polar surface area (TPSA) is 139 Å². The first-order valence-corrected chi connectivity index (χ1v) is 5.23. The number of hydrogen-bond acceptors (Lipinski definition) is 6. The van der Waals surface area contributed by atoms with E-state index in [4.69, 9.17) is 20.4 Å². The predicted octanol–water partition coefficient (Wildman–Crippen LogP) is -2.76. The van der Waals surface area contributed by atoms with Gasteiger partial charge in [-0.05, 0) is 12.2 Å². The summed E-state index contributed by atoms with van der Waals surface area (Å²) in [7, 11) is 0. The van der Waals surface area contributed by atoms with Crippen LogP contribution in [0.5, 0.6) is 0 Å². The van der Waals surface area contributed by atoms with Gasteiger partial charge in [0.05, 0.1) is 19.8 Å². The Hall–Kier alpha value is -1.74. The molecule has 0 radical (unpaired) electrons. The third-order valence-corrected chi connectivity index (χ3v) is 1.92. The van der Waals surface area contributed by atoms with Crippen LogP contribution < -0.4 is 10.6 Å². The molecular weight excluding hydrogens is 256 g/mol. The number of carbonyl (C=O) groups is 2. The van der Waals surface area contributed by atoms with Crippen molar-refractivity contribution < 1.29 is 30.0 Å². The minimum Gasteiger partial charge on any atom is -0.394 e. The Morgan fingerprint density at radius 3 is 1.58 bits per heavy atom. The summed E-state index contributed by atoms with van der Waals surface area (Å²) in [5.74, 6) is -0.908. The highest BCUT2D eigenvalue weighted by atomic mass is 16.3. The first kappa shape index (κ1) is 19.6. The van der Waals surface area contributed by atoms with E-state index in [1.165, 1.54) is 0 Å². The van der Waals surface area contributed by atoms with E-state index < -0.39 is 31.3 Å². The van der Waals surface area contributed by atoms with Crippen LogP contribution in [-0.2, 0) is 9.59 Å². The second-order valence-corrected chi connectivity index (χ2v) is 3.35. The Kier molecular flexibility index (Phi) is 11.7. The summed E-state index contributed by atoms with van der Waals surface area (Å²) in [6.45, 7) is 4.43. The molecule has 0 unspecified atom stereocenters. The van der Waals surface area contributed by atoms with E-state index in [0.29, 0.717) is 0 Å². The fraction of sp³-hybridized carbons (Fsp3) is 0.455. The molecule has 0 rings (SSSR count). The molecule has 0 aliphatic heterocycles. The average Bonchev–Trinajstić information content (AvgIpc) is 2.45. The summed E-state index contributed by atoms with van der Waals surface area (Å²) in [4.78, 5) is 20.8. The molecule has 8 heteroatoms. The normalized spacial score (nSPS) is 9.68. The second kappa shape index (κ2) is 11.4. The lowest BCUT2D eigenvalue weighted by atomic mass is 10.0. The van der Waals surface area contributed by atoms with Crippen LogP contribution in [0, 0.1) is 0 Å². The van der Waals surface area contributed by atoms with E-state index in [1.54, 1.807) is 0 Å². The van der Waals surface area contributed by atoms with Crippen LogP contribution in [0.3, 0.4) is 0 Å². The van der Waals surface area contributed by atoms with Gasteiger partial charge in [-0.15, -0.1) is 0 Å². The Labute approximate surface area is 111 Å². The van der Waals surface area contributed by atoms with Crippen molar-refractivity contribution in [1.29, 1.82) is 0 Å². The van der Waals surface area contributed by atoms with E-state index in [1.807, 2.05) is 0 Å². The molecule has 0 saturated heterocycles. The summed E-state index contributed by atoms with van der Waals surface area (Å²) in [5.41, 5.74) is -1.36. The Balaban J connectivity index is 0. The summed E-state index contributed by atoms with van der Waals surface area (Å²) >= 11 is 0. The monoisotopic (exact) mass is 276 g/mol. The average molecular weight is 276 g/mol. The molecule has 0 aromatic carbocycles. The van der Waals surface area contributed by atoms with Gasteiger partial charge < -0.3 is 31.1 Å². The predicted molar refractivity (Wildman–Crippen MR) is 67.8 cm³/mol. The molecule has 0 bridgehead atoms. The zero-order valence-electron chi connectivity index (χ0n) is 10.5. The lowest BCUT2D eigenvalue weighted by molar-refractivity contribution is -0.120. The molecule has 2 amide bonds. The third-order valence-electron chi connectivity index (χ3n) is 1.92. The maximum Gasteiger partial charge on any atom is 0.245 e. The molecule has 0 aliphatic carbocycles. The first-order chi connectivity index (χ1) is 8.94. The summed E-state index contributed by atoms with van der Waals surface area (Å²) in [6, 6.07) is 0. The molecule has 8 nitrogen and oxygen atoms in total. The number of aliphatic hydroxyl groups excluding tert-OH is 4.